The van der Waals surface area contributed by atoms with Crippen LogP contribution in [0.4, 0.5) is 5.69 Å². The molecule has 0 aliphatic heterocycles. The molecule has 1 fully saturated rings. The van der Waals surface area contributed by atoms with E-state index in [2.05, 4.69) is 21.2 Å². The highest BCUT2D eigenvalue weighted by atomic mass is 79.9. The topological polar surface area (TPSA) is 86.8 Å². The van der Waals surface area contributed by atoms with Crippen LogP contribution >= 0.6 is 15.9 Å². The van der Waals surface area contributed by atoms with Gasteiger partial charge < -0.3 is 10.2 Å². The average molecular weight is 565 g/mol. The first-order chi connectivity index (χ1) is 16.6. The molecule has 1 atom stereocenters. The Hall–Kier alpha value is -2.39. The van der Waals surface area contributed by atoms with E-state index < -0.39 is 28.5 Å². The number of rotatable bonds is 9. The number of halogens is 1. The molecule has 0 radical (unpaired) electrons. The van der Waals surface area contributed by atoms with Crippen molar-refractivity contribution in [3.05, 3.63) is 64.1 Å². The van der Waals surface area contributed by atoms with Gasteiger partial charge in [-0.3, -0.25) is 13.9 Å². The number of nitrogens with zero attached hydrogens (tertiary/aromatic N) is 2. The minimum absolute atomic E-state index is 0.113. The highest BCUT2D eigenvalue weighted by molar-refractivity contribution is 9.10. The molecule has 0 aromatic heterocycles. The summed E-state index contributed by atoms with van der Waals surface area (Å²) in [6.07, 6.45) is 6.30. The van der Waals surface area contributed by atoms with Crippen LogP contribution < -0.4 is 9.62 Å². The Morgan fingerprint density at radius 2 is 1.77 bits per heavy atom. The standard InChI is InChI=1S/C26H34BrN3O4S/c1-19-10-9-11-21(16-19)17-29(20(2)26(32)28-22-12-5-4-6-13-22)25(31)18-30(35(3,33)34)24-15-8-7-14-23(24)27/h7-11,14-16,20,22H,4-6,12-13,17-18H2,1-3H3,(H,28,32)/t20-/m0/s1. The van der Waals surface area contributed by atoms with Crippen molar-refractivity contribution in [2.45, 2.75) is 64.6 Å². The second-order valence-corrected chi connectivity index (χ2v) is 12.0. The van der Waals surface area contributed by atoms with E-state index in [1.54, 1.807) is 31.2 Å². The minimum atomic E-state index is -3.76. The lowest BCUT2D eigenvalue weighted by Gasteiger charge is -2.33. The summed E-state index contributed by atoms with van der Waals surface area (Å²) in [4.78, 5) is 28.3. The fourth-order valence-electron chi connectivity index (χ4n) is 4.41. The Morgan fingerprint density at radius 1 is 1.09 bits per heavy atom. The Morgan fingerprint density at radius 3 is 2.40 bits per heavy atom. The van der Waals surface area contributed by atoms with Crippen molar-refractivity contribution in [2.24, 2.45) is 0 Å². The van der Waals surface area contributed by atoms with Crippen molar-refractivity contribution in [3.8, 4) is 0 Å². The quantitative estimate of drug-likeness (QED) is 0.490. The first-order valence-electron chi connectivity index (χ1n) is 11.9. The Balaban J connectivity index is 1.88. The fourth-order valence-corrected chi connectivity index (χ4v) is 5.88. The Bertz CT molecular complexity index is 1150. The van der Waals surface area contributed by atoms with Crippen LogP contribution in [0.1, 0.15) is 50.2 Å². The van der Waals surface area contributed by atoms with E-state index in [1.165, 1.54) is 11.3 Å². The van der Waals surface area contributed by atoms with Crippen molar-refractivity contribution in [2.75, 3.05) is 17.1 Å². The normalized spacial score (nSPS) is 15.3. The average Bonchev–Trinajstić information content (AvgIpc) is 2.81. The van der Waals surface area contributed by atoms with Crippen molar-refractivity contribution in [1.29, 1.82) is 0 Å². The van der Waals surface area contributed by atoms with Gasteiger partial charge in [0.05, 0.1) is 11.9 Å². The number of benzene rings is 2. The molecule has 0 spiro atoms. The van der Waals surface area contributed by atoms with E-state index in [-0.39, 0.29) is 18.5 Å². The zero-order valence-corrected chi connectivity index (χ0v) is 22.9. The molecule has 7 nitrogen and oxygen atoms in total. The van der Waals surface area contributed by atoms with E-state index in [9.17, 15) is 18.0 Å². The molecule has 0 heterocycles. The van der Waals surface area contributed by atoms with Crippen LogP contribution in [0.25, 0.3) is 0 Å². The Kier molecular flexibility index (Phi) is 9.35. The van der Waals surface area contributed by atoms with Gasteiger partial charge in [0.15, 0.2) is 0 Å². The second kappa shape index (κ2) is 12.0. The van der Waals surface area contributed by atoms with Gasteiger partial charge in [-0.15, -0.1) is 0 Å². The van der Waals surface area contributed by atoms with Crippen LogP contribution in [0.5, 0.6) is 0 Å². The van der Waals surface area contributed by atoms with Crippen LogP contribution in [0.2, 0.25) is 0 Å². The minimum Gasteiger partial charge on any atom is -0.352 e. The third-order valence-electron chi connectivity index (χ3n) is 6.35. The molecule has 3 rings (SSSR count). The number of hydrogen-bond acceptors (Lipinski definition) is 4. The van der Waals surface area contributed by atoms with Gasteiger partial charge in [-0.25, -0.2) is 8.42 Å². The number of sulfonamides is 1. The summed E-state index contributed by atoms with van der Waals surface area (Å²) in [5.74, 6) is -0.663. The third-order valence-corrected chi connectivity index (χ3v) is 8.15. The molecule has 9 heteroatoms. The largest absolute Gasteiger partial charge is 0.352 e. The van der Waals surface area contributed by atoms with Gasteiger partial charge in [-0.2, -0.15) is 0 Å². The summed E-state index contributed by atoms with van der Waals surface area (Å²) in [6, 6.07) is 14.0. The summed E-state index contributed by atoms with van der Waals surface area (Å²) >= 11 is 3.39. The zero-order chi connectivity index (χ0) is 25.6. The van der Waals surface area contributed by atoms with Crippen molar-refractivity contribution >= 4 is 43.5 Å². The molecule has 2 amide bonds. The number of carbonyl (C=O) groups is 2. The maximum absolute atomic E-state index is 13.6. The zero-order valence-electron chi connectivity index (χ0n) is 20.5. The second-order valence-electron chi connectivity index (χ2n) is 9.25. The summed E-state index contributed by atoms with van der Waals surface area (Å²) in [7, 11) is -3.76. The predicted molar refractivity (Wildman–Crippen MR) is 143 cm³/mol. The highest BCUT2D eigenvalue weighted by Crippen LogP contribution is 2.28. The molecular weight excluding hydrogens is 530 g/mol. The number of anilines is 1. The van der Waals surface area contributed by atoms with Crippen LogP contribution in [-0.2, 0) is 26.2 Å². The van der Waals surface area contributed by atoms with Gasteiger partial charge in [0.2, 0.25) is 21.8 Å². The SMILES string of the molecule is Cc1cccc(CN(C(=O)CN(c2ccccc2Br)S(C)(=O)=O)[C@@H](C)C(=O)NC2CCCCC2)c1. The number of amides is 2. The molecule has 2 aromatic carbocycles. The first kappa shape index (κ1) is 27.2. The van der Waals surface area contributed by atoms with Crippen LogP contribution in [0.15, 0.2) is 53.0 Å². The lowest BCUT2D eigenvalue weighted by Crippen LogP contribution is -2.53. The van der Waals surface area contributed by atoms with Gasteiger partial charge in [-0.05, 0) is 60.3 Å². The van der Waals surface area contributed by atoms with E-state index in [0.29, 0.717) is 10.2 Å². The van der Waals surface area contributed by atoms with Crippen molar-refractivity contribution in [3.63, 3.8) is 0 Å². The third kappa shape index (κ3) is 7.54. The molecule has 0 bridgehead atoms. The van der Waals surface area contributed by atoms with Gasteiger partial charge in [0.25, 0.3) is 0 Å². The summed E-state index contributed by atoms with van der Waals surface area (Å²) < 4.78 is 27.0. The number of aryl methyl sites for hydroxylation is 1. The first-order valence-corrected chi connectivity index (χ1v) is 14.6. The molecule has 1 aliphatic carbocycles. The lowest BCUT2D eigenvalue weighted by molar-refractivity contribution is -0.139. The fraction of sp³-hybridized carbons (Fsp3) is 0.462. The van der Waals surface area contributed by atoms with Gasteiger partial charge in [0, 0.05) is 17.1 Å². The number of hydrogen-bond donors (Lipinski definition) is 1. The smallest absolute Gasteiger partial charge is 0.244 e. The molecular formula is C26H34BrN3O4S. The number of carbonyl (C=O) groups excluding carboxylic acids is 2. The molecule has 0 unspecified atom stereocenters. The van der Waals surface area contributed by atoms with E-state index in [0.717, 1.165) is 47.4 Å². The van der Waals surface area contributed by atoms with Gasteiger partial charge >= 0.3 is 0 Å². The van der Waals surface area contributed by atoms with Gasteiger partial charge in [0.1, 0.15) is 12.6 Å². The van der Waals surface area contributed by atoms with E-state index in [4.69, 9.17) is 0 Å². The molecule has 0 saturated heterocycles. The van der Waals surface area contributed by atoms with Crippen LogP contribution in [0.3, 0.4) is 0 Å². The Labute approximate surface area is 217 Å². The number of para-hydroxylation sites is 1. The van der Waals surface area contributed by atoms with E-state index in [1.807, 2.05) is 31.2 Å². The van der Waals surface area contributed by atoms with Crippen LogP contribution in [0, 0.1) is 6.92 Å². The predicted octanol–water partition coefficient (Wildman–Crippen LogP) is 4.39. The summed E-state index contributed by atoms with van der Waals surface area (Å²) in [5, 5.41) is 3.10. The molecule has 1 saturated carbocycles. The summed E-state index contributed by atoms with van der Waals surface area (Å²) in [5.41, 5.74) is 2.29. The highest BCUT2D eigenvalue weighted by Gasteiger charge is 2.31. The summed E-state index contributed by atoms with van der Waals surface area (Å²) in [6.45, 7) is 3.46. The lowest BCUT2D eigenvalue weighted by atomic mass is 9.95. The maximum atomic E-state index is 13.6. The van der Waals surface area contributed by atoms with Crippen LogP contribution in [-0.4, -0.2) is 50.0 Å². The molecule has 190 valence electrons. The monoisotopic (exact) mass is 563 g/mol. The molecule has 35 heavy (non-hydrogen) atoms. The molecule has 1 N–H and O–H groups in total. The maximum Gasteiger partial charge on any atom is 0.244 e. The molecule has 2 aromatic rings. The molecule has 1 aliphatic rings. The van der Waals surface area contributed by atoms with Gasteiger partial charge in [-0.1, -0.05) is 61.2 Å². The van der Waals surface area contributed by atoms with Crippen molar-refractivity contribution in [1.82, 2.24) is 10.2 Å². The number of nitrogens with one attached hydrogen (secondary N) is 1. The van der Waals surface area contributed by atoms with Crippen molar-refractivity contribution < 1.29 is 18.0 Å². The van der Waals surface area contributed by atoms with E-state index >= 15 is 0 Å².